The largest absolute Gasteiger partial charge is 0.495 e. The average Bonchev–Trinajstić information content (AvgIpc) is 3.02. The van der Waals surface area contributed by atoms with E-state index >= 15 is 0 Å². The van der Waals surface area contributed by atoms with Crippen LogP contribution in [0.3, 0.4) is 0 Å². The Morgan fingerprint density at radius 3 is 2.58 bits per heavy atom. The van der Waals surface area contributed by atoms with Crippen LogP contribution in [0, 0.1) is 5.92 Å². The van der Waals surface area contributed by atoms with Crippen LogP contribution in [0.15, 0.2) is 12.1 Å². The first-order valence-corrected chi connectivity index (χ1v) is 10.0. The molecule has 0 saturated heterocycles. The maximum atomic E-state index is 12.4. The molecule has 0 spiro atoms. The molecule has 26 heavy (non-hydrogen) atoms. The van der Waals surface area contributed by atoms with Crippen LogP contribution in [0.4, 0.5) is 0 Å². The number of carbonyl (C=O) groups excluding carboxylic acids is 1. The Balaban J connectivity index is 1.92. The van der Waals surface area contributed by atoms with Crippen molar-refractivity contribution in [3.63, 3.8) is 0 Å². The Morgan fingerprint density at radius 1 is 1.08 bits per heavy atom. The second-order valence-electron chi connectivity index (χ2n) is 7.78. The fourth-order valence-corrected chi connectivity index (χ4v) is 5.01. The predicted molar refractivity (Wildman–Crippen MR) is 103 cm³/mol. The molecule has 0 N–H and O–H groups in total. The quantitative estimate of drug-likeness (QED) is 0.733. The first-order valence-electron chi connectivity index (χ1n) is 10.0. The van der Waals surface area contributed by atoms with Gasteiger partial charge in [-0.05, 0) is 62.1 Å². The molecule has 0 amide bonds. The van der Waals surface area contributed by atoms with Gasteiger partial charge in [0.25, 0.3) is 0 Å². The minimum atomic E-state index is -0.249. The number of benzene rings is 1. The topological polar surface area (TPSA) is 40.5 Å². The summed E-state index contributed by atoms with van der Waals surface area (Å²) in [6, 6.07) is 3.80. The van der Waals surface area contributed by atoms with Crippen molar-refractivity contribution in [3.8, 4) is 5.75 Å². The summed E-state index contributed by atoms with van der Waals surface area (Å²) >= 11 is 0. The van der Waals surface area contributed by atoms with Gasteiger partial charge in [0.05, 0.1) is 25.3 Å². The van der Waals surface area contributed by atoms with E-state index in [0.717, 1.165) is 42.0 Å². The summed E-state index contributed by atoms with van der Waals surface area (Å²) in [4.78, 5) is 12.4. The number of hydrogen-bond acceptors (Lipinski definition) is 3. The number of methoxy groups -OCH3 is 2. The highest BCUT2D eigenvalue weighted by molar-refractivity contribution is 6.07. The van der Waals surface area contributed by atoms with E-state index in [1.54, 1.807) is 7.11 Å². The lowest BCUT2D eigenvalue weighted by Crippen LogP contribution is -2.17. The standard InChI is InChI=1S/C22H29NO3/c1-25-19-13-12-17(22(24)26-2)20-16-10-6-7-11-18(16)23(21(19)20)14-15-8-4-3-5-9-15/h12-13,15H,3-11,14H2,1-2H3. The smallest absolute Gasteiger partial charge is 0.338 e. The van der Waals surface area contributed by atoms with E-state index in [1.165, 1.54) is 63.3 Å². The number of esters is 1. The van der Waals surface area contributed by atoms with Gasteiger partial charge in [-0.25, -0.2) is 4.79 Å². The van der Waals surface area contributed by atoms with Gasteiger partial charge in [-0.1, -0.05) is 19.3 Å². The number of nitrogens with zero attached hydrogens (tertiary/aromatic N) is 1. The molecule has 4 heteroatoms. The third-order valence-electron chi connectivity index (χ3n) is 6.27. The summed E-state index contributed by atoms with van der Waals surface area (Å²) in [6.45, 7) is 1.05. The molecule has 0 radical (unpaired) electrons. The number of fused-ring (bicyclic) bond motifs is 3. The normalized spacial score (nSPS) is 17.9. The minimum Gasteiger partial charge on any atom is -0.495 e. The third-order valence-corrected chi connectivity index (χ3v) is 6.27. The van der Waals surface area contributed by atoms with E-state index in [-0.39, 0.29) is 5.97 Å². The summed E-state index contributed by atoms with van der Waals surface area (Å²) in [5, 5.41) is 1.07. The van der Waals surface area contributed by atoms with E-state index in [0.29, 0.717) is 5.56 Å². The van der Waals surface area contributed by atoms with E-state index in [2.05, 4.69) is 4.57 Å². The fraction of sp³-hybridized carbons (Fsp3) is 0.591. The van der Waals surface area contributed by atoms with Gasteiger partial charge in [-0.2, -0.15) is 0 Å². The van der Waals surface area contributed by atoms with Crippen LogP contribution in [-0.4, -0.2) is 24.8 Å². The van der Waals surface area contributed by atoms with Crippen molar-refractivity contribution in [3.05, 3.63) is 29.0 Å². The second kappa shape index (κ2) is 7.34. The van der Waals surface area contributed by atoms with Crippen molar-refractivity contribution in [2.45, 2.75) is 64.3 Å². The van der Waals surface area contributed by atoms with E-state index in [4.69, 9.17) is 9.47 Å². The van der Waals surface area contributed by atoms with Crippen molar-refractivity contribution in [2.24, 2.45) is 5.92 Å². The molecular weight excluding hydrogens is 326 g/mol. The van der Waals surface area contributed by atoms with Gasteiger partial charge in [-0.15, -0.1) is 0 Å². The summed E-state index contributed by atoms with van der Waals surface area (Å²) in [6.07, 6.45) is 11.2. The van der Waals surface area contributed by atoms with Crippen LogP contribution >= 0.6 is 0 Å². The number of hydrogen-bond donors (Lipinski definition) is 0. The molecule has 1 aromatic carbocycles. The number of aryl methyl sites for hydroxylation is 1. The minimum absolute atomic E-state index is 0.249. The van der Waals surface area contributed by atoms with Gasteiger partial charge in [0.2, 0.25) is 0 Å². The molecule has 2 aliphatic rings. The molecular formula is C22H29NO3. The van der Waals surface area contributed by atoms with Gasteiger partial charge in [0, 0.05) is 17.6 Å². The third kappa shape index (κ3) is 2.89. The maximum absolute atomic E-state index is 12.4. The number of carbonyl (C=O) groups is 1. The second-order valence-corrected chi connectivity index (χ2v) is 7.78. The number of ether oxygens (including phenoxy) is 2. The highest BCUT2D eigenvalue weighted by Gasteiger charge is 2.28. The summed E-state index contributed by atoms with van der Waals surface area (Å²) in [5.74, 6) is 1.36. The Kier molecular flexibility index (Phi) is 4.92. The maximum Gasteiger partial charge on any atom is 0.338 e. The highest BCUT2D eigenvalue weighted by Crippen LogP contribution is 2.40. The summed E-state index contributed by atoms with van der Waals surface area (Å²) in [5.41, 5.74) is 4.56. The van der Waals surface area contributed by atoms with E-state index in [9.17, 15) is 4.79 Å². The Bertz CT molecular complexity index is 815. The lowest BCUT2D eigenvalue weighted by atomic mass is 9.89. The van der Waals surface area contributed by atoms with Gasteiger partial charge >= 0.3 is 5.97 Å². The lowest BCUT2D eigenvalue weighted by Gasteiger charge is -2.25. The number of rotatable bonds is 4. The zero-order valence-corrected chi connectivity index (χ0v) is 16.0. The molecule has 4 rings (SSSR count). The van der Waals surface area contributed by atoms with Gasteiger partial charge in [0.15, 0.2) is 0 Å². The zero-order chi connectivity index (χ0) is 18.1. The van der Waals surface area contributed by atoms with Crippen molar-refractivity contribution in [1.82, 2.24) is 4.57 Å². The van der Waals surface area contributed by atoms with Crippen LogP contribution in [0.1, 0.15) is 66.6 Å². The monoisotopic (exact) mass is 355 g/mol. The van der Waals surface area contributed by atoms with Crippen molar-refractivity contribution < 1.29 is 14.3 Å². The predicted octanol–water partition coefficient (Wildman–Crippen LogP) is 4.90. The van der Waals surface area contributed by atoms with Crippen LogP contribution in [-0.2, 0) is 24.1 Å². The van der Waals surface area contributed by atoms with Crippen LogP contribution in [0.2, 0.25) is 0 Å². The summed E-state index contributed by atoms with van der Waals surface area (Å²) in [7, 11) is 3.19. The first-order chi connectivity index (χ1) is 12.7. The fourth-order valence-electron chi connectivity index (χ4n) is 5.01. The van der Waals surface area contributed by atoms with Crippen molar-refractivity contribution in [2.75, 3.05) is 14.2 Å². The molecule has 0 atom stereocenters. The molecule has 2 aromatic rings. The zero-order valence-electron chi connectivity index (χ0n) is 16.0. The van der Waals surface area contributed by atoms with Crippen LogP contribution in [0.25, 0.3) is 10.9 Å². The molecule has 140 valence electrons. The van der Waals surface area contributed by atoms with Crippen LogP contribution in [0.5, 0.6) is 5.75 Å². The SMILES string of the molecule is COC(=O)c1ccc(OC)c2c1c1c(n2CC2CCCCC2)CCCC1. The van der Waals surface area contributed by atoms with Crippen LogP contribution < -0.4 is 4.74 Å². The van der Waals surface area contributed by atoms with E-state index in [1.807, 2.05) is 12.1 Å². The van der Waals surface area contributed by atoms with Crippen molar-refractivity contribution >= 4 is 16.9 Å². The Labute approximate surface area is 155 Å². The number of aromatic nitrogens is 1. The lowest BCUT2D eigenvalue weighted by molar-refractivity contribution is 0.0603. The average molecular weight is 355 g/mol. The van der Waals surface area contributed by atoms with Gasteiger partial charge < -0.3 is 14.0 Å². The Morgan fingerprint density at radius 2 is 1.85 bits per heavy atom. The first kappa shape index (κ1) is 17.4. The van der Waals surface area contributed by atoms with Gasteiger partial charge in [-0.3, -0.25) is 0 Å². The van der Waals surface area contributed by atoms with E-state index < -0.39 is 0 Å². The Hall–Kier alpha value is -1.97. The van der Waals surface area contributed by atoms with Crippen molar-refractivity contribution in [1.29, 1.82) is 0 Å². The molecule has 0 unspecified atom stereocenters. The molecule has 0 bridgehead atoms. The van der Waals surface area contributed by atoms with Gasteiger partial charge in [0.1, 0.15) is 5.75 Å². The molecule has 4 nitrogen and oxygen atoms in total. The molecule has 2 aliphatic carbocycles. The molecule has 0 aliphatic heterocycles. The molecule has 1 aromatic heterocycles. The molecule has 1 heterocycles. The summed E-state index contributed by atoms with van der Waals surface area (Å²) < 4.78 is 13.3. The highest BCUT2D eigenvalue weighted by atomic mass is 16.5. The molecule has 1 saturated carbocycles. The molecule has 1 fully saturated rings.